The number of rotatable bonds is 6. The van der Waals surface area contributed by atoms with E-state index in [0.29, 0.717) is 12.2 Å². The molecule has 0 aliphatic heterocycles. The number of hydrogen-bond donors (Lipinski definition) is 2. The molecule has 2 N–H and O–H groups in total. The standard InChI is InChI=1S/C17H24BrN3O3/c1-11-13(18)7-12(8-19-11)21(10-22)9-17(5-6-17)14(16(2,3)4)20-15(23)24/h7-8,10,14,20H,5-6,9H2,1-4H3,(H,23,24). The summed E-state index contributed by atoms with van der Waals surface area (Å²) < 4.78 is 0.840. The van der Waals surface area contributed by atoms with E-state index in [1.165, 1.54) is 0 Å². The normalized spacial score (nSPS) is 17.0. The number of amides is 2. The number of carbonyl (C=O) groups is 2. The summed E-state index contributed by atoms with van der Waals surface area (Å²) in [6.45, 7) is 8.40. The molecule has 1 heterocycles. The van der Waals surface area contributed by atoms with Crippen LogP contribution in [0.4, 0.5) is 10.5 Å². The molecule has 0 bridgehead atoms. The van der Waals surface area contributed by atoms with Crippen LogP contribution in [0.1, 0.15) is 39.3 Å². The predicted octanol–water partition coefficient (Wildman–Crippen LogP) is 3.58. The zero-order valence-corrected chi connectivity index (χ0v) is 16.1. The number of carboxylic acid groups (broad SMARTS) is 1. The van der Waals surface area contributed by atoms with Gasteiger partial charge in [0.15, 0.2) is 0 Å². The van der Waals surface area contributed by atoms with Gasteiger partial charge in [0.1, 0.15) is 0 Å². The van der Waals surface area contributed by atoms with Crippen molar-refractivity contribution < 1.29 is 14.7 Å². The van der Waals surface area contributed by atoms with Gasteiger partial charge in [-0.05, 0) is 47.2 Å². The third-order valence-corrected chi connectivity index (χ3v) is 5.40. The summed E-state index contributed by atoms with van der Waals surface area (Å²) in [7, 11) is 0. The minimum Gasteiger partial charge on any atom is -0.465 e. The summed E-state index contributed by atoms with van der Waals surface area (Å²) in [5.74, 6) is 0. The van der Waals surface area contributed by atoms with Crippen molar-refractivity contribution in [3.05, 3.63) is 22.4 Å². The summed E-state index contributed by atoms with van der Waals surface area (Å²) in [6, 6.07) is 1.63. The summed E-state index contributed by atoms with van der Waals surface area (Å²) >= 11 is 3.44. The van der Waals surface area contributed by atoms with Gasteiger partial charge >= 0.3 is 6.09 Å². The van der Waals surface area contributed by atoms with E-state index >= 15 is 0 Å². The van der Waals surface area contributed by atoms with E-state index in [9.17, 15) is 14.7 Å². The van der Waals surface area contributed by atoms with Crippen molar-refractivity contribution in [3.63, 3.8) is 0 Å². The van der Waals surface area contributed by atoms with Crippen molar-refractivity contribution in [2.45, 2.75) is 46.6 Å². The van der Waals surface area contributed by atoms with E-state index in [4.69, 9.17) is 0 Å². The number of pyridine rings is 1. The average molecular weight is 398 g/mol. The van der Waals surface area contributed by atoms with Crippen molar-refractivity contribution in [1.82, 2.24) is 10.3 Å². The Hall–Kier alpha value is -1.63. The third-order valence-electron chi connectivity index (χ3n) is 4.59. The van der Waals surface area contributed by atoms with E-state index in [1.54, 1.807) is 11.1 Å². The van der Waals surface area contributed by atoms with Crippen molar-refractivity contribution in [3.8, 4) is 0 Å². The van der Waals surface area contributed by atoms with Crippen molar-refractivity contribution in [2.75, 3.05) is 11.4 Å². The fourth-order valence-electron chi connectivity index (χ4n) is 3.29. The summed E-state index contributed by atoms with van der Waals surface area (Å²) in [4.78, 5) is 28.8. The maximum atomic E-state index is 11.6. The SMILES string of the molecule is Cc1ncc(N(C=O)CC2(C(NC(=O)O)C(C)(C)C)CC2)cc1Br. The Bertz CT molecular complexity index is 638. The number of carbonyl (C=O) groups excluding carboxylic acids is 1. The number of anilines is 1. The molecule has 1 unspecified atom stereocenters. The molecular formula is C17H24BrN3O3. The lowest BCUT2D eigenvalue weighted by Crippen LogP contribution is -2.52. The molecule has 2 amide bonds. The zero-order valence-electron chi connectivity index (χ0n) is 14.5. The number of aromatic nitrogens is 1. The lowest BCUT2D eigenvalue weighted by atomic mass is 9.76. The smallest absolute Gasteiger partial charge is 0.404 e. The fraction of sp³-hybridized carbons (Fsp3) is 0.588. The predicted molar refractivity (Wildman–Crippen MR) is 96.2 cm³/mol. The van der Waals surface area contributed by atoms with Crippen LogP contribution in [-0.4, -0.2) is 35.2 Å². The molecule has 1 aliphatic carbocycles. The number of nitrogens with zero attached hydrogens (tertiary/aromatic N) is 2. The minimum atomic E-state index is -1.03. The van der Waals surface area contributed by atoms with Crippen LogP contribution in [0.3, 0.4) is 0 Å². The third kappa shape index (κ3) is 4.06. The molecule has 1 fully saturated rings. The molecule has 1 aromatic heterocycles. The second-order valence-electron chi connectivity index (χ2n) is 7.60. The quantitative estimate of drug-likeness (QED) is 0.718. The molecule has 1 atom stereocenters. The Balaban J connectivity index is 2.26. The van der Waals surface area contributed by atoms with Crippen LogP contribution in [0.5, 0.6) is 0 Å². The van der Waals surface area contributed by atoms with E-state index < -0.39 is 6.09 Å². The van der Waals surface area contributed by atoms with Crippen LogP contribution >= 0.6 is 15.9 Å². The summed E-state index contributed by atoms with van der Waals surface area (Å²) in [5, 5.41) is 11.9. The molecule has 1 aromatic rings. The first-order valence-electron chi connectivity index (χ1n) is 7.92. The van der Waals surface area contributed by atoms with Crippen molar-refractivity contribution >= 4 is 34.1 Å². The molecule has 6 nitrogen and oxygen atoms in total. The highest BCUT2D eigenvalue weighted by Crippen LogP contribution is 2.54. The molecular weight excluding hydrogens is 374 g/mol. The Morgan fingerprint density at radius 2 is 2.17 bits per heavy atom. The van der Waals surface area contributed by atoms with Gasteiger partial charge < -0.3 is 15.3 Å². The van der Waals surface area contributed by atoms with E-state index in [1.807, 2.05) is 33.8 Å². The van der Waals surface area contributed by atoms with Gasteiger partial charge in [-0.3, -0.25) is 9.78 Å². The van der Waals surface area contributed by atoms with Gasteiger partial charge in [-0.25, -0.2) is 4.79 Å². The molecule has 132 valence electrons. The van der Waals surface area contributed by atoms with E-state index in [-0.39, 0.29) is 16.9 Å². The largest absolute Gasteiger partial charge is 0.465 e. The topological polar surface area (TPSA) is 82.5 Å². The molecule has 1 aliphatic rings. The number of hydrogen-bond acceptors (Lipinski definition) is 3. The van der Waals surface area contributed by atoms with E-state index in [2.05, 4.69) is 26.2 Å². The summed E-state index contributed by atoms with van der Waals surface area (Å²) in [5.41, 5.74) is 1.08. The zero-order chi connectivity index (χ0) is 18.1. The maximum Gasteiger partial charge on any atom is 0.404 e. The first-order chi connectivity index (χ1) is 11.1. The number of halogens is 1. The molecule has 0 radical (unpaired) electrons. The van der Waals surface area contributed by atoms with Crippen LogP contribution in [-0.2, 0) is 4.79 Å². The van der Waals surface area contributed by atoms with E-state index in [0.717, 1.165) is 29.4 Å². The second-order valence-corrected chi connectivity index (χ2v) is 8.46. The highest BCUT2D eigenvalue weighted by Gasteiger charge is 2.54. The van der Waals surface area contributed by atoms with Gasteiger partial charge in [0.25, 0.3) is 0 Å². The lowest BCUT2D eigenvalue weighted by molar-refractivity contribution is -0.107. The number of nitrogens with one attached hydrogen (secondary N) is 1. The first kappa shape index (κ1) is 18.7. The van der Waals surface area contributed by atoms with Gasteiger partial charge in [0.05, 0.1) is 17.6 Å². The van der Waals surface area contributed by atoms with Gasteiger partial charge in [-0.15, -0.1) is 0 Å². The maximum absolute atomic E-state index is 11.6. The monoisotopic (exact) mass is 397 g/mol. The summed E-state index contributed by atoms with van der Waals surface area (Å²) in [6.07, 6.45) is 3.21. The Morgan fingerprint density at radius 1 is 1.54 bits per heavy atom. The van der Waals surface area contributed by atoms with Crippen LogP contribution in [0.15, 0.2) is 16.7 Å². The van der Waals surface area contributed by atoms with Gasteiger partial charge in [-0.2, -0.15) is 0 Å². The molecule has 2 rings (SSSR count). The highest BCUT2D eigenvalue weighted by atomic mass is 79.9. The van der Waals surface area contributed by atoms with Gasteiger partial charge in [-0.1, -0.05) is 20.8 Å². The molecule has 0 spiro atoms. The molecule has 0 aromatic carbocycles. The van der Waals surface area contributed by atoms with Crippen LogP contribution in [0.25, 0.3) is 0 Å². The number of aryl methyl sites for hydroxylation is 1. The van der Waals surface area contributed by atoms with Gasteiger partial charge in [0, 0.05) is 22.5 Å². The highest BCUT2D eigenvalue weighted by molar-refractivity contribution is 9.10. The fourth-order valence-corrected chi connectivity index (χ4v) is 3.63. The van der Waals surface area contributed by atoms with Crippen molar-refractivity contribution in [1.29, 1.82) is 0 Å². The van der Waals surface area contributed by atoms with Gasteiger partial charge in [0.2, 0.25) is 6.41 Å². The molecule has 1 saturated carbocycles. The minimum absolute atomic E-state index is 0.230. The van der Waals surface area contributed by atoms with Crippen LogP contribution in [0.2, 0.25) is 0 Å². The average Bonchev–Trinajstić information content (AvgIpc) is 3.24. The molecule has 24 heavy (non-hydrogen) atoms. The Kier molecular flexibility index (Phi) is 5.22. The molecule has 0 saturated heterocycles. The Labute approximate surface area is 150 Å². The first-order valence-corrected chi connectivity index (χ1v) is 8.72. The lowest BCUT2D eigenvalue weighted by Gasteiger charge is -2.39. The van der Waals surface area contributed by atoms with Crippen molar-refractivity contribution in [2.24, 2.45) is 10.8 Å². The second kappa shape index (κ2) is 6.70. The van der Waals surface area contributed by atoms with Crippen LogP contribution in [0, 0.1) is 17.8 Å². The van der Waals surface area contributed by atoms with Crippen LogP contribution < -0.4 is 10.2 Å². The Morgan fingerprint density at radius 3 is 2.58 bits per heavy atom. The molecule has 7 heteroatoms.